The lowest BCUT2D eigenvalue weighted by atomic mass is 9.95. The van der Waals surface area contributed by atoms with Gasteiger partial charge in [-0.1, -0.05) is 0 Å². The normalized spacial score (nSPS) is 11.4. The number of ether oxygens (including phenoxy) is 2. The average Bonchev–Trinajstić information content (AvgIpc) is 2.41. The fourth-order valence-electron chi connectivity index (χ4n) is 1.54. The van der Waals surface area contributed by atoms with Crippen molar-refractivity contribution in [3.63, 3.8) is 0 Å². The number of hydrogen-bond acceptors (Lipinski definition) is 4. The largest absolute Gasteiger partial charge is 0.492 e. The maximum atomic E-state index is 13.5. The second kappa shape index (κ2) is 7.95. The summed E-state index contributed by atoms with van der Waals surface area (Å²) in [6, 6.07) is 4.35. The van der Waals surface area contributed by atoms with Gasteiger partial charge in [-0.15, -0.1) is 0 Å². The van der Waals surface area contributed by atoms with E-state index in [0.29, 0.717) is 25.4 Å². The van der Waals surface area contributed by atoms with Crippen molar-refractivity contribution in [3.05, 3.63) is 29.6 Å². The highest BCUT2D eigenvalue weighted by Gasteiger charge is 2.28. The van der Waals surface area contributed by atoms with E-state index in [2.05, 4.69) is 5.32 Å². The number of carbonyl (C=O) groups is 1. The van der Waals surface area contributed by atoms with Crippen LogP contribution in [0.2, 0.25) is 0 Å². The zero-order chi connectivity index (χ0) is 15.9. The molecule has 0 heterocycles. The van der Waals surface area contributed by atoms with Crippen LogP contribution >= 0.6 is 0 Å². The van der Waals surface area contributed by atoms with E-state index in [4.69, 9.17) is 14.6 Å². The topological polar surface area (TPSA) is 67.8 Å². The summed E-state index contributed by atoms with van der Waals surface area (Å²) in [5.41, 5.74) is -0.294. The molecule has 1 aromatic carbocycles. The van der Waals surface area contributed by atoms with Crippen LogP contribution in [-0.2, 0) is 16.1 Å². The SMILES string of the molecule is COCCNCc1cc(F)cc(OCC(C)(C)C(=O)O)c1. The van der Waals surface area contributed by atoms with Gasteiger partial charge >= 0.3 is 5.97 Å². The van der Waals surface area contributed by atoms with Crippen LogP contribution in [0.25, 0.3) is 0 Å². The van der Waals surface area contributed by atoms with Gasteiger partial charge in [0.25, 0.3) is 0 Å². The second-order valence-corrected chi connectivity index (χ2v) is 5.44. The lowest BCUT2D eigenvalue weighted by Gasteiger charge is -2.19. The van der Waals surface area contributed by atoms with Crippen LogP contribution in [0.1, 0.15) is 19.4 Å². The number of methoxy groups -OCH3 is 1. The van der Waals surface area contributed by atoms with Crippen molar-refractivity contribution in [3.8, 4) is 5.75 Å². The van der Waals surface area contributed by atoms with Crippen LogP contribution < -0.4 is 10.1 Å². The van der Waals surface area contributed by atoms with Crippen molar-refractivity contribution in [1.29, 1.82) is 0 Å². The Morgan fingerprint density at radius 1 is 1.38 bits per heavy atom. The standard InChI is InChI=1S/C15H22FNO4/c1-15(2,14(18)19)10-21-13-7-11(6-12(16)8-13)9-17-4-5-20-3/h6-8,17H,4-5,9-10H2,1-3H3,(H,18,19). The van der Waals surface area contributed by atoms with Crippen molar-refractivity contribution in [1.82, 2.24) is 5.32 Å². The third kappa shape index (κ3) is 6.10. The first-order chi connectivity index (χ1) is 9.85. The highest BCUT2D eigenvalue weighted by Crippen LogP contribution is 2.21. The van der Waals surface area contributed by atoms with Crippen LogP contribution in [0.5, 0.6) is 5.75 Å². The number of rotatable bonds is 9. The van der Waals surface area contributed by atoms with E-state index in [0.717, 1.165) is 5.56 Å². The third-order valence-corrected chi connectivity index (χ3v) is 2.92. The number of aliphatic carboxylic acids is 1. The van der Waals surface area contributed by atoms with Crippen molar-refractivity contribution in [2.75, 3.05) is 26.9 Å². The minimum atomic E-state index is -1.02. The van der Waals surface area contributed by atoms with Gasteiger partial charge in [-0.3, -0.25) is 4.79 Å². The molecule has 0 radical (unpaired) electrons. The van der Waals surface area contributed by atoms with Gasteiger partial charge < -0.3 is 19.9 Å². The lowest BCUT2D eigenvalue weighted by molar-refractivity contribution is -0.148. The van der Waals surface area contributed by atoms with Crippen LogP contribution in [-0.4, -0.2) is 37.9 Å². The van der Waals surface area contributed by atoms with Crippen molar-refractivity contribution in [2.24, 2.45) is 5.41 Å². The minimum Gasteiger partial charge on any atom is -0.492 e. The molecule has 2 N–H and O–H groups in total. The second-order valence-electron chi connectivity index (χ2n) is 5.44. The molecule has 0 spiro atoms. The Kier molecular flexibility index (Phi) is 6.58. The highest BCUT2D eigenvalue weighted by atomic mass is 19.1. The van der Waals surface area contributed by atoms with Crippen LogP contribution in [0.15, 0.2) is 18.2 Å². The predicted octanol–water partition coefficient (Wildman–Crippen LogP) is 2.05. The number of nitrogens with one attached hydrogen (secondary N) is 1. The molecule has 1 aromatic rings. The summed E-state index contributed by atoms with van der Waals surface area (Å²) in [6.45, 7) is 4.81. The fraction of sp³-hybridized carbons (Fsp3) is 0.533. The number of benzene rings is 1. The maximum Gasteiger partial charge on any atom is 0.312 e. The Labute approximate surface area is 124 Å². The van der Waals surface area contributed by atoms with Crippen molar-refractivity contribution < 1.29 is 23.8 Å². The van der Waals surface area contributed by atoms with Crippen LogP contribution in [0.3, 0.4) is 0 Å². The maximum absolute atomic E-state index is 13.5. The Morgan fingerprint density at radius 2 is 2.10 bits per heavy atom. The Morgan fingerprint density at radius 3 is 2.71 bits per heavy atom. The van der Waals surface area contributed by atoms with Gasteiger partial charge in [-0.25, -0.2) is 4.39 Å². The lowest BCUT2D eigenvalue weighted by Crippen LogP contribution is -2.30. The van der Waals surface area contributed by atoms with Gasteiger partial charge in [-0.05, 0) is 31.5 Å². The molecule has 21 heavy (non-hydrogen) atoms. The van der Waals surface area contributed by atoms with Gasteiger partial charge in [0.2, 0.25) is 0 Å². The number of halogens is 1. The summed E-state index contributed by atoms with van der Waals surface area (Å²) in [5.74, 6) is -1.04. The molecule has 0 aromatic heterocycles. The Bertz CT molecular complexity index is 477. The molecule has 0 unspecified atom stereocenters. The van der Waals surface area contributed by atoms with E-state index in [1.807, 2.05) is 0 Å². The fourth-order valence-corrected chi connectivity index (χ4v) is 1.54. The first-order valence-corrected chi connectivity index (χ1v) is 6.70. The van der Waals surface area contributed by atoms with Gasteiger partial charge in [-0.2, -0.15) is 0 Å². The van der Waals surface area contributed by atoms with E-state index < -0.39 is 17.2 Å². The molecule has 1 rings (SSSR count). The summed E-state index contributed by atoms with van der Waals surface area (Å²) in [4.78, 5) is 11.0. The summed E-state index contributed by atoms with van der Waals surface area (Å²) in [6.07, 6.45) is 0. The molecule has 0 atom stereocenters. The molecule has 0 aliphatic carbocycles. The van der Waals surface area contributed by atoms with Crippen molar-refractivity contribution >= 4 is 5.97 Å². The first-order valence-electron chi connectivity index (χ1n) is 6.70. The molecule has 0 fully saturated rings. The quantitative estimate of drug-likeness (QED) is 0.683. The van der Waals surface area contributed by atoms with E-state index in [9.17, 15) is 9.18 Å². The molecular weight excluding hydrogens is 277 g/mol. The monoisotopic (exact) mass is 299 g/mol. The van der Waals surface area contributed by atoms with Crippen LogP contribution in [0, 0.1) is 11.2 Å². The van der Waals surface area contributed by atoms with E-state index in [1.54, 1.807) is 27.0 Å². The van der Waals surface area contributed by atoms with Gasteiger partial charge in [0.1, 0.15) is 18.2 Å². The molecule has 0 saturated heterocycles. The molecule has 5 nitrogen and oxygen atoms in total. The van der Waals surface area contributed by atoms with Gasteiger partial charge in [0.15, 0.2) is 0 Å². The molecule has 0 bridgehead atoms. The van der Waals surface area contributed by atoms with Crippen LogP contribution in [0.4, 0.5) is 4.39 Å². The van der Waals surface area contributed by atoms with E-state index in [1.165, 1.54) is 12.1 Å². The number of carboxylic acids is 1. The molecule has 0 amide bonds. The highest BCUT2D eigenvalue weighted by molar-refractivity contribution is 5.73. The predicted molar refractivity (Wildman–Crippen MR) is 76.9 cm³/mol. The zero-order valence-electron chi connectivity index (χ0n) is 12.6. The van der Waals surface area contributed by atoms with E-state index >= 15 is 0 Å². The molecule has 0 saturated carbocycles. The zero-order valence-corrected chi connectivity index (χ0v) is 12.6. The van der Waals surface area contributed by atoms with E-state index in [-0.39, 0.29) is 6.61 Å². The summed E-state index contributed by atoms with van der Waals surface area (Å²) in [7, 11) is 1.61. The van der Waals surface area contributed by atoms with Gasteiger partial charge in [0.05, 0.1) is 12.0 Å². The molecular formula is C15H22FNO4. The van der Waals surface area contributed by atoms with Crippen molar-refractivity contribution in [2.45, 2.75) is 20.4 Å². The Hall–Kier alpha value is -1.66. The summed E-state index contributed by atoms with van der Waals surface area (Å²) in [5, 5.41) is 12.1. The first kappa shape index (κ1) is 17.4. The third-order valence-electron chi connectivity index (χ3n) is 2.92. The molecule has 118 valence electrons. The average molecular weight is 299 g/mol. The van der Waals surface area contributed by atoms with Gasteiger partial charge in [0, 0.05) is 26.3 Å². The Balaban J connectivity index is 2.62. The summed E-state index contributed by atoms with van der Waals surface area (Å²) < 4.78 is 23.8. The molecule has 0 aliphatic rings. The minimum absolute atomic E-state index is 0.0255. The molecule has 6 heteroatoms. The number of hydrogen-bond donors (Lipinski definition) is 2. The summed E-state index contributed by atoms with van der Waals surface area (Å²) >= 11 is 0. The smallest absolute Gasteiger partial charge is 0.312 e. The number of carboxylic acid groups (broad SMARTS) is 1. The molecule has 0 aliphatic heterocycles.